The topological polar surface area (TPSA) is 63.2 Å². The van der Waals surface area contributed by atoms with Gasteiger partial charge in [-0.05, 0) is 41.1 Å². The van der Waals surface area contributed by atoms with Gasteiger partial charge in [0.05, 0.1) is 4.90 Å². The van der Waals surface area contributed by atoms with Gasteiger partial charge in [0.1, 0.15) is 5.75 Å². The van der Waals surface area contributed by atoms with Gasteiger partial charge in [-0.25, -0.2) is 8.42 Å². The van der Waals surface area contributed by atoms with E-state index >= 15 is 0 Å². The average Bonchev–Trinajstić information content (AvgIpc) is 2.52. The molecule has 3 rings (SSSR count). The first-order valence-electron chi connectivity index (χ1n) is 7.31. The van der Waals surface area contributed by atoms with Gasteiger partial charge in [0.2, 0.25) is 5.91 Å². The van der Waals surface area contributed by atoms with Gasteiger partial charge in [-0.1, -0.05) is 53.5 Å². The fourth-order valence-corrected chi connectivity index (χ4v) is 4.13. The number of fused-ring (bicyclic) bond motifs is 1. The minimum atomic E-state index is -3.77. The quantitative estimate of drug-likeness (QED) is 0.706. The smallest absolute Gasteiger partial charge is 0.239 e. The van der Waals surface area contributed by atoms with Crippen LogP contribution in [0.2, 0.25) is 10.0 Å². The largest absolute Gasteiger partial charge is 0.325 e. The highest BCUT2D eigenvalue weighted by Crippen LogP contribution is 2.23. The summed E-state index contributed by atoms with van der Waals surface area (Å²) in [5.74, 6) is -1.33. The lowest BCUT2D eigenvalue weighted by molar-refractivity contribution is -0.113. The third-order valence-corrected chi connectivity index (χ3v) is 5.60. The van der Waals surface area contributed by atoms with E-state index in [4.69, 9.17) is 23.2 Å². The van der Waals surface area contributed by atoms with Crippen LogP contribution in [-0.4, -0.2) is 20.1 Å². The van der Waals surface area contributed by atoms with Crippen molar-refractivity contribution in [3.8, 4) is 0 Å². The number of amides is 1. The lowest BCUT2D eigenvalue weighted by Crippen LogP contribution is -2.23. The molecule has 1 N–H and O–H groups in total. The molecule has 25 heavy (non-hydrogen) atoms. The molecule has 0 aliphatic heterocycles. The average molecular weight is 394 g/mol. The van der Waals surface area contributed by atoms with Crippen molar-refractivity contribution in [2.24, 2.45) is 0 Å². The number of rotatable bonds is 4. The third-order valence-electron chi connectivity index (χ3n) is 3.55. The Hall–Kier alpha value is -2.08. The second kappa shape index (κ2) is 7.04. The first-order chi connectivity index (χ1) is 11.8. The van der Waals surface area contributed by atoms with Crippen LogP contribution in [0, 0.1) is 0 Å². The predicted molar refractivity (Wildman–Crippen MR) is 101 cm³/mol. The molecule has 128 valence electrons. The lowest BCUT2D eigenvalue weighted by atomic mass is 10.1. The summed E-state index contributed by atoms with van der Waals surface area (Å²) >= 11 is 11.7. The highest BCUT2D eigenvalue weighted by Gasteiger charge is 2.20. The van der Waals surface area contributed by atoms with Crippen molar-refractivity contribution in [1.29, 1.82) is 0 Å². The summed E-state index contributed by atoms with van der Waals surface area (Å²) in [6.45, 7) is 0. The molecule has 1 amide bonds. The number of benzene rings is 3. The minimum Gasteiger partial charge on any atom is -0.325 e. The molecule has 0 saturated heterocycles. The summed E-state index contributed by atoms with van der Waals surface area (Å²) in [4.78, 5) is 12.2. The molecular formula is C18H13Cl2NO3S. The van der Waals surface area contributed by atoms with Crippen molar-refractivity contribution in [3.63, 3.8) is 0 Å². The van der Waals surface area contributed by atoms with E-state index in [2.05, 4.69) is 5.32 Å². The Bertz CT molecular complexity index is 1040. The van der Waals surface area contributed by atoms with Crippen LogP contribution in [0.3, 0.4) is 0 Å². The molecule has 0 heterocycles. The van der Waals surface area contributed by atoms with Gasteiger partial charge < -0.3 is 5.32 Å². The monoisotopic (exact) mass is 393 g/mol. The summed E-state index contributed by atoms with van der Waals surface area (Å²) in [6, 6.07) is 16.7. The van der Waals surface area contributed by atoms with E-state index in [1.807, 2.05) is 24.3 Å². The molecule has 3 aromatic rings. The van der Waals surface area contributed by atoms with Crippen molar-refractivity contribution >= 4 is 55.4 Å². The standard InChI is InChI=1S/C18H13Cl2NO3S/c19-14-8-15(20)10-16(9-14)21-18(22)11-25(23,24)17-6-5-12-3-1-2-4-13(12)7-17/h1-10H,11H2,(H,21,22). The van der Waals surface area contributed by atoms with Crippen LogP contribution in [-0.2, 0) is 14.6 Å². The summed E-state index contributed by atoms with van der Waals surface area (Å²) in [5, 5.41) is 4.92. The number of anilines is 1. The number of halogens is 2. The summed E-state index contributed by atoms with van der Waals surface area (Å²) in [7, 11) is -3.77. The zero-order valence-electron chi connectivity index (χ0n) is 12.9. The van der Waals surface area contributed by atoms with Crippen LogP contribution >= 0.6 is 23.2 Å². The molecule has 0 spiro atoms. The lowest BCUT2D eigenvalue weighted by Gasteiger charge is -2.08. The Labute approximate surface area is 155 Å². The maximum Gasteiger partial charge on any atom is 0.239 e. The molecule has 0 bridgehead atoms. The molecule has 0 atom stereocenters. The number of hydrogen-bond acceptors (Lipinski definition) is 3. The normalized spacial score (nSPS) is 11.4. The van der Waals surface area contributed by atoms with Gasteiger partial charge in [-0.3, -0.25) is 4.79 Å². The Kier molecular flexibility index (Phi) is 4.99. The van der Waals surface area contributed by atoms with Crippen molar-refractivity contribution in [3.05, 3.63) is 70.7 Å². The molecule has 0 unspecified atom stereocenters. The Morgan fingerprint density at radius 3 is 2.20 bits per heavy atom. The van der Waals surface area contributed by atoms with Gasteiger partial charge >= 0.3 is 0 Å². The fraction of sp³-hybridized carbons (Fsp3) is 0.0556. The van der Waals surface area contributed by atoms with E-state index in [-0.39, 0.29) is 4.90 Å². The van der Waals surface area contributed by atoms with E-state index in [1.165, 1.54) is 24.3 Å². The first-order valence-corrected chi connectivity index (χ1v) is 9.72. The highest BCUT2D eigenvalue weighted by molar-refractivity contribution is 7.92. The Morgan fingerprint density at radius 2 is 1.52 bits per heavy atom. The maximum absolute atomic E-state index is 12.5. The Morgan fingerprint density at radius 1 is 0.880 bits per heavy atom. The second-order valence-electron chi connectivity index (χ2n) is 5.47. The molecule has 0 fully saturated rings. The molecular weight excluding hydrogens is 381 g/mol. The van der Waals surface area contributed by atoms with Gasteiger partial charge in [-0.2, -0.15) is 0 Å². The van der Waals surface area contributed by atoms with Gasteiger partial charge in [0.25, 0.3) is 0 Å². The number of sulfone groups is 1. The SMILES string of the molecule is O=C(CS(=O)(=O)c1ccc2ccccc2c1)Nc1cc(Cl)cc(Cl)c1. The predicted octanol–water partition coefficient (Wildman–Crippen LogP) is 4.56. The molecule has 0 radical (unpaired) electrons. The van der Waals surface area contributed by atoms with Crippen LogP contribution in [0.15, 0.2) is 65.6 Å². The van der Waals surface area contributed by atoms with Crippen LogP contribution in [0.25, 0.3) is 10.8 Å². The van der Waals surface area contributed by atoms with Crippen LogP contribution in [0.5, 0.6) is 0 Å². The number of hydrogen-bond donors (Lipinski definition) is 1. The molecule has 0 aliphatic carbocycles. The first kappa shape index (κ1) is 17.7. The number of nitrogens with one attached hydrogen (secondary N) is 1. The number of carbonyl (C=O) groups excluding carboxylic acids is 1. The van der Waals surface area contributed by atoms with Gasteiger partial charge in [0.15, 0.2) is 9.84 Å². The fourth-order valence-electron chi connectivity index (χ4n) is 2.44. The van der Waals surface area contributed by atoms with Crippen LogP contribution in [0.4, 0.5) is 5.69 Å². The zero-order valence-corrected chi connectivity index (χ0v) is 15.2. The van der Waals surface area contributed by atoms with E-state index in [1.54, 1.807) is 12.1 Å². The third kappa shape index (κ3) is 4.31. The summed E-state index contributed by atoms with van der Waals surface area (Å²) < 4.78 is 25.0. The molecule has 0 aromatic heterocycles. The van der Waals surface area contributed by atoms with E-state index in [0.29, 0.717) is 15.7 Å². The Balaban J connectivity index is 1.80. The highest BCUT2D eigenvalue weighted by atomic mass is 35.5. The molecule has 7 heteroatoms. The van der Waals surface area contributed by atoms with Crippen molar-refractivity contribution in [1.82, 2.24) is 0 Å². The van der Waals surface area contributed by atoms with Gasteiger partial charge in [-0.15, -0.1) is 0 Å². The maximum atomic E-state index is 12.5. The van der Waals surface area contributed by atoms with Crippen molar-refractivity contribution < 1.29 is 13.2 Å². The van der Waals surface area contributed by atoms with Crippen molar-refractivity contribution in [2.45, 2.75) is 4.90 Å². The molecule has 0 saturated carbocycles. The minimum absolute atomic E-state index is 0.102. The van der Waals surface area contributed by atoms with E-state index in [9.17, 15) is 13.2 Å². The van der Waals surface area contributed by atoms with Crippen molar-refractivity contribution in [2.75, 3.05) is 11.1 Å². The summed E-state index contributed by atoms with van der Waals surface area (Å²) in [6.07, 6.45) is 0. The van der Waals surface area contributed by atoms with Gasteiger partial charge in [0, 0.05) is 15.7 Å². The summed E-state index contributed by atoms with van der Waals surface area (Å²) in [5.41, 5.74) is 0.344. The number of carbonyl (C=O) groups is 1. The second-order valence-corrected chi connectivity index (χ2v) is 8.34. The molecule has 4 nitrogen and oxygen atoms in total. The van der Waals surface area contributed by atoms with Crippen LogP contribution < -0.4 is 5.32 Å². The molecule has 0 aliphatic rings. The van der Waals surface area contributed by atoms with E-state index < -0.39 is 21.5 Å². The molecule has 3 aromatic carbocycles. The van der Waals surface area contributed by atoms with Crippen LogP contribution in [0.1, 0.15) is 0 Å². The zero-order chi connectivity index (χ0) is 18.0. The van der Waals surface area contributed by atoms with E-state index in [0.717, 1.165) is 10.8 Å².